The molecule has 2 rings (SSSR count). The first-order chi connectivity index (χ1) is 11.9. The first-order valence-electron chi connectivity index (χ1n) is 9.11. The predicted molar refractivity (Wildman–Crippen MR) is 99.2 cm³/mol. The Bertz CT molecular complexity index is 606. The minimum Gasteiger partial charge on any atom is -0.393 e. The summed E-state index contributed by atoms with van der Waals surface area (Å²) in [5.41, 5.74) is 1.97. The number of aliphatic hydroxyl groups is 1. The van der Waals surface area contributed by atoms with Crippen molar-refractivity contribution in [3.8, 4) is 6.07 Å². The molecule has 1 aromatic rings. The van der Waals surface area contributed by atoms with Crippen LogP contribution in [-0.4, -0.2) is 47.7 Å². The van der Waals surface area contributed by atoms with Gasteiger partial charge in [-0.3, -0.25) is 9.69 Å². The summed E-state index contributed by atoms with van der Waals surface area (Å²) in [6, 6.07) is 9.71. The summed E-state index contributed by atoms with van der Waals surface area (Å²) in [5.74, 6) is 0.237. The standard InChI is InChI=1S/C20H29N3O2/c1-15-7-9-19(10-8-15)23(13-5-11-21)20(25)16(2)22-12-4-6-18(14-22)17(3)24/h7-10,16-18,24H,4-6,12-14H2,1-3H3. The van der Waals surface area contributed by atoms with Crippen molar-refractivity contribution in [1.29, 1.82) is 5.26 Å². The lowest BCUT2D eigenvalue weighted by molar-refractivity contribution is -0.124. The molecule has 1 N–H and O–H groups in total. The number of carbonyl (C=O) groups is 1. The summed E-state index contributed by atoms with van der Waals surface area (Å²) in [6.07, 6.45) is 1.96. The van der Waals surface area contributed by atoms with Crippen molar-refractivity contribution in [2.75, 3.05) is 24.5 Å². The maximum absolute atomic E-state index is 13.1. The lowest BCUT2D eigenvalue weighted by Gasteiger charge is -2.39. The third-order valence-corrected chi connectivity index (χ3v) is 5.14. The molecule has 25 heavy (non-hydrogen) atoms. The highest BCUT2D eigenvalue weighted by molar-refractivity contribution is 5.97. The highest BCUT2D eigenvalue weighted by atomic mass is 16.3. The van der Waals surface area contributed by atoms with Crippen LogP contribution in [0.25, 0.3) is 0 Å². The molecule has 0 spiro atoms. The van der Waals surface area contributed by atoms with Gasteiger partial charge in [-0.15, -0.1) is 0 Å². The Kier molecular flexibility index (Phi) is 6.98. The number of hydrogen-bond donors (Lipinski definition) is 1. The Morgan fingerprint density at radius 3 is 2.68 bits per heavy atom. The van der Waals surface area contributed by atoms with Gasteiger partial charge in [0.1, 0.15) is 0 Å². The van der Waals surface area contributed by atoms with E-state index in [9.17, 15) is 9.90 Å². The lowest BCUT2D eigenvalue weighted by atomic mass is 9.92. The minimum absolute atomic E-state index is 0.0188. The number of nitriles is 1. The van der Waals surface area contributed by atoms with Gasteiger partial charge in [0.05, 0.1) is 24.6 Å². The van der Waals surface area contributed by atoms with Gasteiger partial charge < -0.3 is 10.0 Å². The van der Waals surface area contributed by atoms with Crippen LogP contribution < -0.4 is 4.90 Å². The number of piperidine rings is 1. The summed E-state index contributed by atoms with van der Waals surface area (Å²) in [4.78, 5) is 17.0. The van der Waals surface area contributed by atoms with Gasteiger partial charge in [-0.25, -0.2) is 0 Å². The van der Waals surface area contributed by atoms with Gasteiger partial charge in [-0.1, -0.05) is 17.7 Å². The molecular formula is C20H29N3O2. The normalized spacial score (nSPS) is 20.5. The van der Waals surface area contributed by atoms with E-state index < -0.39 is 0 Å². The van der Waals surface area contributed by atoms with Gasteiger partial charge in [0.25, 0.3) is 0 Å². The van der Waals surface area contributed by atoms with E-state index in [4.69, 9.17) is 5.26 Å². The number of rotatable bonds is 6. The smallest absolute Gasteiger partial charge is 0.244 e. The second-order valence-electron chi connectivity index (χ2n) is 7.05. The van der Waals surface area contributed by atoms with Crippen molar-refractivity contribution < 1.29 is 9.90 Å². The van der Waals surface area contributed by atoms with E-state index in [0.29, 0.717) is 13.0 Å². The summed E-state index contributed by atoms with van der Waals surface area (Å²) < 4.78 is 0. The van der Waals surface area contributed by atoms with E-state index in [-0.39, 0.29) is 24.0 Å². The van der Waals surface area contributed by atoms with Crippen LogP contribution in [-0.2, 0) is 4.79 Å². The Morgan fingerprint density at radius 1 is 1.40 bits per heavy atom. The fraction of sp³-hybridized carbons (Fsp3) is 0.600. The molecule has 0 aliphatic carbocycles. The lowest BCUT2D eigenvalue weighted by Crippen LogP contribution is -2.51. The number of benzene rings is 1. The molecule has 3 atom stereocenters. The van der Waals surface area contributed by atoms with E-state index in [1.165, 1.54) is 0 Å². The third kappa shape index (κ3) is 5.04. The molecule has 1 aliphatic rings. The second-order valence-corrected chi connectivity index (χ2v) is 7.05. The third-order valence-electron chi connectivity index (χ3n) is 5.14. The minimum atomic E-state index is -0.350. The zero-order chi connectivity index (χ0) is 18.4. The van der Waals surface area contributed by atoms with E-state index in [2.05, 4.69) is 11.0 Å². The Balaban J connectivity index is 2.14. The zero-order valence-electron chi connectivity index (χ0n) is 15.5. The molecule has 136 valence electrons. The van der Waals surface area contributed by atoms with Gasteiger partial charge in [-0.05, 0) is 58.2 Å². The molecule has 1 saturated heterocycles. The van der Waals surface area contributed by atoms with Crippen molar-refractivity contribution in [3.05, 3.63) is 29.8 Å². The number of anilines is 1. The molecule has 5 heteroatoms. The monoisotopic (exact) mass is 343 g/mol. The molecule has 1 heterocycles. The summed E-state index contributed by atoms with van der Waals surface area (Å²) in [6.45, 7) is 7.78. The fourth-order valence-electron chi connectivity index (χ4n) is 3.42. The molecule has 0 aromatic heterocycles. The number of aliphatic hydroxyl groups excluding tert-OH is 1. The predicted octanol–water partition coefficient (Wildman–Crippen LogP) is 2.72. The quantitative estimate of drug-likeness (QED) is 0.862. The number of carbonyl (C=O) groups excluding carboxylic acids is 1. The van der Waals surface area contributed by atoms with Crippen molar-refractivity contribution in [2.24, 2.45) is 5.92 Å². The molecule has 0 saturated carbocycles. The number of hydrogen-bond acceptors (Lipinski definition) is 4. The average molecular weight is 343 g/mol. The Morgan fingerprint density at radius 2 is 2.08 bits per heavy atom. The van der Waals surface area contributed by atoms with Crippen LogP contribution in [0.5, 0.6) is 0 Å². The number of aryl methyl sites for hydroxylation is 1. The van der Waals surface area contributed by atoms with Crippen molar-refractivity contribution in [1.82, 2.24) is 4.90 Å². The highest BCUT2D eigenvalue weighted by Gasteiger charge is 2.31. The van der Waals surface area contributed by atoms with Gasteiger partial charge in [0.15, 0.2) is 0 Å². The topological polar surface area (TPSA) is 67.6 Å². The SMILES string of the molecule is Cc1ccc(N(CCC#N)C(=O)C(C)N2CCCC(C(C)O)C2)cc1. The molecule has 3 unspecified atom stereocenters. The van der Waals surface area contributed by atoms with Crippen molar-refractivity contribution >= 4 is 11.6 Å². The fourth-order valence-corrected chi connectivity index (χ4v) is 3.42. The van der Waals surface area contributed by atoms with Gasteiger partial charge in [0.2, 0.25) is 5.91 Å². The number of likely N-dealkylation sites (tertiary alicyclic amines) is 1. The van der Waals surface area contributed by atoms with E-state index in [0.717, 1.165) is 37.2 Å². The Hall–Kier alpha value is -1.90. The van der Waals surface area contributed by atoms with Gasteiger partial charge in [0, 0.05) is 18.8 Å². The summed E-state index contributed by atoms with van der Waals surface area (Å²) in [5, 5.41) is 18.8. The molecule has 1 aliphatic heterocycles. The molecule has 5 nitrogen and oxygen atoms in total. The average Bonchev–Trinajstić information content (AvgIpc) is 2.62. The van der Waals surface area contributed by atoms with Crippen LogP contribution in [0.4, 0.5) is 5.69 Å². The molecule has 1 amide bonds. The first kappa shape index (κ1) is 19.4. The van der Waals surface area contributed by atoms with E-state index >= 15 is 0 Å². The van der Waals surface area contributed by atoms with E-state index in [1.54, 1.807) is 4.90 Å². The van der Waals surface area contributed by atoms with Crippen LogP contribution in [0.2, 0.25) is 0 Å². The van der Waals surface area contributed by atoms with Gasteiger partial charge in [-0.2, -0.15) is 5.26 Å². The highest BCUT2D eigenvalue weighted by Crippen LogP contribution is 2.24. The zero-order valence-corrected chi connectivity index (χ0v) is 15.5. The van der Waals surface area contributed by atoms with Crippen LogP contribution in [0, 0.1) is 24.2 Å². The Labute approximate surface area is 150 Å². The molecule has 1 fully saturated rings. The molecular weight excluding hydrogens is 314 g/mol. The first-order valence-corrected chi connectivity index (χ1v) is 9.11. The van der Waals surface area contributed by atoms with Gasteiger partial charge >= 0.3 is 0 Å². The van der Waals surface area contributed by atoms with Crippen molar-refractivity contribution in [2.45, 2.75) is 52.2 Å². The summed E-state index contributed by atoms with van der Waals surface area (Å²) >= 11 is 0. The van der Waals surface area contributed by atoms with Crippen molar-refractivity contribution in [3.63, 3.8) is 0 Å². The number of amides is 1. The molecule has 0 bridgehead atoms. The maximum atomic E-state index is 13.1. The van der Waals surface area contributed by atoms with Crippen LogP contribution in [0.3, 0.4) is 0 Å². The van der Waals surface area contributed by atoms with Crippen LogP contribution in [0.1, 0.15) is 38.7 Å². The molecule has 1 aromatic carbocycles. The van der Waals surface area contributed by atoms with Crippen LogP contribution in [0.15, 0.2) is 24.3 Å². The largest absolute Gasteiger partial charge is 0.393 e. The number of nitrogens with zero attached hydrogens (tertiary/aromatic N) is 3. The maximum Gasteiger partial charge on any atom is 0.244 e. The second kappa shape index (κ2) is 8.98. The summed E-state index contributed by atoms with van der Waals surface area (Å²) in [7, 11) is 0. The molecule has 0 radical (unpaired) electrons. The van der Waals surface area contributed by atoms with Crippen LogP contribution >= 0.6 is 0 Å². The van der Waals surface area contributed by atoms with E-state index in [1.807, 2.05) is 45.0 Å².